The Morgan fingerprint density at radius 3 is 2.89 bits per heavy atom. The van der Waals surface area contributed by atoms with Crippen molar-refractivity contribution in [2.24, 2.45) is 0 Å². The van der Waals surface area contributed by atoms with Gasteiger partial charge in [-0.1, -0.05) is 6.07 Å². The number of nitrogens with zero attached hydrogens (tertiary/aromatic N) is 3. The minimum Gasteiger partial charge on any atom is -0.368 e. The quantitative estimate of drug-likeness (QED) is 0.887. The Balaban J connectivity index is 2.12. The average molecular weight is 258 g/mol. The summed E-state index contributed by atoms with van der Waals surface area (Å²) in [5.41, 5.74) is 1.88. The highest BCUT2D eigenvalue weighted by atomic mass is 15.2. The second-order valence-corrected chi connectivity index (χ2v) is 5.59. The molecule has 0 saturated carbocycles. The summed E-state index contributed by atoms with van der Waals surface area (Å²) >= 11 is 0. The van der Waals surface area contributed by atoms with Crippen LogP contribution >= 0.6 is 0 Å². The van der Waals surface area contributed by atoms with Crippen molar-refractivity contribution in [1.82, 2.24) is 10.2 Å². The molecule has 1 fully saturated rings. The van der Waals surface area contributed by atoms with Crippen LogP contribution < -0.4 is 10.2 Å². The monoisotopic (exact) mass is 258 g/mol. The fourth-order valence-corrected chi connectivity index (χ4v) is 2.71. The molecule has 1 aliphatic rings. The van der Waals surface area contributed by atoms with Crippen molar-refractivity contribution in [3.63, 3.8) is 0 Å². The van der Waals surface area contributed by atoms with Crippen LogP contribution in [0.2, 0.25) is 0 Å². The van der Waals surface area contributed by atoms with E-state index < -0.39 is 0 Å². The van der Waals surface area contributed by atoms with E-state index in [0.29, 0.717) is 12.1 Å². The second kappa shape index (κ2) is 6.05. The van der Waals surface area contributed by atoms with Gasteiger partial charge in [0.2, 0.25) is 0 Å². The van der Waals surface area contributed by atoms with Crippen LogP contribution in [-0.2, 0) is 0 Å². The van der Waals surface area contributed by atoms with Crippen LogP contribution in [0.1, 0.15) is 12.5 Å². The Hall–Kier alpha value is -1.57. The highest BCUT2D eigenvalue weighted by molar-refractivity contribution is 5.52. The molecule has 4 heteroatoms. The van der Waals surface area contributed by atoms with Crippen LogP contribution in [0.5, 0.6) is 0 Å². The maximum atomic E-state index is 9.00. The van der Waals surface area contributed by atoms with E-state index in [-0.39, 0.29) is 0 Å². The first-order valence-corrected chi connectivity index (χ1v) is 6.74. The van der Waals surface area contributed by atoms with E-state index in [2.05, 4.69) is 48.3 Å². The lowest BCUT2D eigenvalue weighted by atomic mass is 10.1. The Labute approximate surface area is 115 Å². The molecular formula is C15H22N4. The molecule has 1 heterocycles. The zero-order chi connectivity index (χ0) is 13.8. The van der Waals surface area contributed by atoms with Crippen molar-refractivity contribution < 1.29 is 0 Å². The summed E-state index contributed by atoms with van der Waals surface area (Å²) in [5, 5.41) is 12.6. The molecule has 1 aromatic rings. The normalized spacial score (nSPS) is 23.4. The molecule has 4 nitrogen and oxygen atoms in total. The van der Waals surface area contributed by atoms with Crippen LogP contribution in [0.25, 0.3) is 0 Å². The standard InChI is InChI=1S/C15H22N4/c1-12-9-19(11-14(17-12)10-18(2)3)15-6-4-5-13(7-15)8-16/h4-7,12,14,17H,9-11H2,1-3H3. The third-order valence-corrected chi connectivity index (χ3v) is 3.38. The van der Waals surface area contributed by atoms with Crippen LogP contribution in [0.15, 0.2) is 24.3 Å². The molecule has 0 spiro atoms. The van der Waals surface area contributed by atoms with Crippen LogP contribution in [0.3, 0.4) is 0 Å². The van der Waals surface area contributed by atoms with E-state index in [0.717, 1.165) is 30.9 Å². The van der Waals surface area contributed by atoms with E-state index in [4.69, 9.17) is 5.26 Å². The summed E-state index contributed by atoms with van der Waals surface area (Å²) < 4.78 is 0. The van der Waals surface area contributed by atoms with Crippen molar-refractivity contribution in [2.45, 2.75) is 19.0 Å². The van der Waals surface area contributed by atoms with Gasteiger partial charge in [0.25, 0.3) is 0 Å². The first kappa shape index (κ1) is 13.9. The molecule has 0 aromatic heterocycles. The number of rotatable bonds is 3. The molecule has 0 bridgehead atoms. The lowest BCUT2D eigenvalue weighted by Crippen LogP contribution is -2.58. The van der Waals surface area contributed by atoms with E-state index >= 15 is 0 Å². The van der Waals surface area contributed by atoms with Gasteiger partial charge in [-0.15, -0.1) is 0 Å². The first-order valence-electron chi connectivity index (χ1n) is 6.74. The highest BCUT2D eigenvalue weighted by Gasteiger charge is 2.24. The van der Waals surface area contributed by atoms with Gasteiger partial charge in [-0.3, -0.25) is 0 Å². The van der Waals surface area contributed by atoms with Crippen LogP contribution in [-0.4, -0.2) is 50.7 Å². The maximum absolute atomic E-state index is 9.00. The molecule has 1 saturated heterocycles. The molecule has 102 valence electrons. The van der Waals surface area contributed by atoms with Gasteiger partial charge in [0, 0.05) is 37.4 Å². The summed E-state index contributed by atoms with van der Waals surface area (Å²) in [6.45, 7) is 5.21. The molecule has 1 aliphatic heterocycles. The van der Waals surface area contributed by atoms with Gasteiger partial charge in [0.05, 0.1) is 11.6 Å². The van der Waals surface area contributed by atoms with E-state index in [1.54, 1.807) is 0 Å². The van der Waals surface area contributed by atoms with Crippen molar-refractivity contribution in [2.75, 3.05) is 38.6 Å². The Morgan fingerprint density at radius 1 is 1.42 bits per heavy atom. The van der Waals surface area contributed by atoms with Crippen LogP contribution in [0.4, 0.5) is 5.69 Å². The first-order chi connectivity index (χ1) is 9.08. The number of hydrogen-bond acceptors (Lipinski definition) is 4. The molecule has 2 unspecified atom stereocenters. The van der Waals surface area contributed by atoms with Gasteiger partial charge >= 0.3 is 0 Å². The summed E-state index contributed by atoms with van der Waals surface area (Å²) in [6.07, 6.45) is 0. The zero-order valence-electron chi connectivity index (χ0n) is 11.9. The topological polar surface area (TPSA) is 42.3 Å². The van der Waals surface area contributed by atoms with Crippen molar-refractivity contribution in [3.8, 4) is 6.07 Å². The fourth-order valence-electron chi connectivity index (χ4n) is 2.71. The number of likely N-dealkylation sites (N-methyl/N-ethyl adjacent to an activating group) is 1. The smallest absolute Gasteiger partial charge is 0.0992 e. The third-order valence-electron chi connectivity index (χ3n) is 3.38. The molecule has 2 atom stereocenters. The summed E-state index contributed by atoms with van der Waals surface area (Å²) in [4.78, 5) is 4.58. The number of nitrogens with one attached hydrogen (secondary N) is 1. The number of nitriles is 1. The summed E-state index contributed by atoms with van der Waals surface area (Å²) in [7, 11) is 4.20. The molecule has 1 N–H and O–H groups in total. The third kappa shape index (κ3) is 3.69. The van der Waals surface area contributed by atoms with Gasteiger partial charge in [0.15, 0.2) is 0 Å². The average Bonchev–Trinajstić information content (AvgIpc) is 2.37. The predicted molar refractivity (Wildman–Crippen MR) is 78.3 cm³/mol. The minimum atomic E-state index is 0.462. The van der Waals surface area contributed by atoms with Gasteiger partial charge in [-0.2, -0.15) is 5.26 Å². The number of anilines is 1. The lowest BCUT2D eigenvalue weighted by Gasteiger charge is -2.40. The predicted octanol–water partition coefficient (Wildman–Crippen LogP) is 1.29. The van der Waals surface area contributed by atoms with Gasteiger partial charge < -0.3 is 15.1 Å². The Kier molecular flexibility index (Phi) is 4.41. The number of benzene rings is 1. The molecule has 1 aromatic carbocycles. The lowest BCUT2D eigenvalue weighted by molar-refractivity contribution is 0.297. The number of piperazine rings is 1. The minimum absolute atomic E-state index is 0.462. The maximum Gasteiger partial charge on any atom is 0.0992 e. The summed E-state index contributed by atoms with van der Waals surface area (Å²) in [6, 6.07) is 11.0. The number of hydrogen-bond donors (Lipinski definition) is 1. The van der Waals surface area contributed by atoms with Crippen molar-refractivity contribution >= 4 is 5.69 Å². The molecule has 2 rings (SSSR count). The SMILES string of the molecule is CC1CN(c2cccc(C#N)c2)CC(CN(C)C)N1. The van der Waals surface area contributed by atoms with E-state index in [1.165, 1.54) is 0 Å². The van der Waals surface area contributed by atoms with Crippen LogP contribution in [0, 0.1) is 11.3 Å². The Morgan fingerprint density at radius 2 is 2.21 bits per heavy atom. The van der Waals surface area contributed by atoms with Gasteiger partial charge in [-0.25, -0.2) is 0 Å². The fraction of sp³-hybridized carbons (Fsp3) is 0.533. The van der Waals surface area contributed by atoms with Crippen molar-refractivity contribution in [3.05, 3.63) is 29.8 Å². The molecule has 19 heavy (non-hydrogen) atoms. The molecule has 0 aliphatic carbocycles. The molecular weight excluding hydrogens is 236 g/mol. The molecule has 0 radical (unpaired) electrons. The van der Waals surface area contributed by atoms with E-state index in [9.17, 15) is 0 Å². The Bertz CT molecular complexity index is 461. The zero-order valence-corrected chi connectivity index (χ0v) is 11.9. The van der Waals surface area contributed by atoms with Gasteiger partial charge in [0.1, 0.15) is 0 Å². The van der Waals surface area contributed by atoms with Crippen molar-refractivity contribution in [1.29, 1.82) is 5.26 Å². The van der Waals surface area contributed by atoms with Gasteiger partial charge in [-0.05, 0) is 39.2 Å². The summed E-state index contributed by atoms with van der Waals surface area (Å²) in [5.74, 6) is 0. The second-order valence-electron chi connectivity index (χ2n) is 5.59. The highest BCUT2D eigenvalue weighted by Crippen LogP contribution is 2.19. The molecule has 0 amide bonds. The van der Waals surface area contributed by atoms with E-state index in [1.807, 2.05) is 18.2 Å². The largest absolute Gasteiger partial charge is 0.368 e.